The van der Waals surface area contributed by atoms with E-state index in [1.807, 2.05) is 0 Å². The van der Waals surface area contributed by atoms with Gasteiger partial charge in [-0.3, -0.25) is 4.79 Å². The van der Waals surface area contributed by atoms with Gasteiger partial charge in [0, 0.05) is 10.6 Å². The highest BCUT2D eigenvalue weighted by Crippen LogP contribution is 2.39. The predicted octanol–water partition coefficient (Wildman–Crippen LogP) is 2.91. The van der Waals surface area contributed by atoms with E-state index in [0.29, 0.717) is 16.6 Å². The van der Waals surface area contributed by atoms with Crippen LogP contribution < -0.4 is 5.32 Å². The van der Waals surface area contributed by atoms with E-state index in [2.05, 4.69) is 10.3 Å². The van der Waals surface area contributed by atoms with Gasteiger partial charge >= 0.3 is 5.97 Å². The van der Waals surface area contributed by atoms with Crippen LogP contribution in [0.1, 0.15) is 25.5 Å². The Bertz CT molecular complexity index is 767. The molecule has 1 aromatic heterocycles. The molecule has 0 saturated heterocycles. The van der Waals surface area contributed by atoms with Gasteiger partial charge < -0.3 is 14.8 Å². The lowest BCUT2D eigenvalue weighted by Gasteiger charge is -2.25. The Morgan fingerprint density at radius 3 is 2.62 bits per heavy atom. The number of nitrogens with one attached hydrogen (secondary N) is 1. The predicted molar refractivity (Wildman–Crippen MR) is 87.6 cm³/mol. The third kappa shape index (κ3) is 3.43. The number of nitrogens with zero attached hydrogens (tertiary/aromatic N) is 1. The number of carbonyl (C=O) groups excluding carboxylic acids is 1. The fourth-order valence-electron chi connectivity index (χ4n) is 2.60. The van der Waals surface area contributed by atoms with Crippen molar-refractivity contribution in [3.8, 4) is 11.5 Å². The van der Waals surface area contributed by atoms with E-state index >= 15 is 0 Å². The van der Waals surface area contributed by atoms with Crippen LogP contribution in [0.25, 0.3) is 11.5 Å². The zero-order valence-corrected chi connectivity index (χ0v) is 13.8. The summed E-state index contributed by atoms with van der Waals surface area (Å²) in [5, 5.41) is 12.6. The van der Waals surface area contributed by atoms with Crippen molar-refractivity contribution in [3.05, 3.63) is 41.2 Å². The maximum Gasteiger partial charge on any atom is 0.329 e. The number of hydrogen-bond donors (Lipinski definition) is 2. The number of aliphatic carboxylic acids is 1. The Labute approximate surface area is 143 Å². The molecule has 6 nitrogen and oxygen atoms in total. The van der Waals surface area contributed by atoms with E-state index in [9.17, 15) is 14.7 Å². The van der Waals surface area contributed by atoms with Crippen molar-refractivity contribution in [2.24, 2.45) is 5.92 Å². The fraction of sp³-hybridized carbons (Fsp3) is 0.353. The number of carboxylic acid groups (broad SMARTS) is 1. The molecular weight excluding hydrogens is 332 g/mol. The Morgan fingerprint density at radius 1 is 1.38 bits per heavy atom. The lowest BCUT2D eigenvalue weighted by Crippen LogP contribution is -2.54. The van der Waals surface area contributed by atoms with Gasteiger partial charge in [-0.2, -0.15) is 0 Å². The normalized spacial score (nSPS) is 16.4. The first kappa shape index (κ1) is 16.5. The van der Waals surface area contributed by atoms with E-state index in [0.717, 1.165) is 18.4 Å². The standard InChI is InChI=1S/C17H17ClN2O4/c1-17(16(22)23,11-4-5-11)20-14(21)8-13-9-24-15(19-13)10-2-6-12(18)7-3-10/h2-3,6-7,9,11H,4-5,8H2,1H3,(H,20,21)(H,22,23)/t17-/m0/s1. The molecule has 24 heavy (non-hydrogen) atoms. The molecule has 2 N–H and O–H groups in total. The summed E-state index contributed by atoms with van der Waals surface area (Å²) in [6, 6.07) is 6.99. The molecule has 1 aliphatic carbocycles. The van der Waals surface area contributed by atoms with Crippen LogP contribution in [0.15, 0.2) is 34.9 Å². The molecule has 7 heteroatoms. The number of oxazole rings is 1. The van der Waals surface area contributed by atoms with Gasteiger partial charge in [0.05, 0.1) is 12.1 Å². The quantitative estimate of drug-likeness (QED) is 0.837. The van der Waals surface area contributed by atoms with Crippen LogP contribution in [-0.2, 0) is 16.0 Å². The summed E-state index contributed by atoms with van der Waals surface area (Å²) < 4.78 is 5.38. The van der Waals surface area contributed by atoms with Crippen LogP contribution in [-0.4, -0.2) is 27.5 Å². The second kappa shape index (κ2) is 6.28. The molecule has 1 saturated carbocycles. The first-order valence-electron chi connectivity index (χ1n) is 7.63. The Morgan fingerprint density at radius 2 is 2.04 bits per heavy atom. The Kier molecular flexibility index (Phi) is 4.32. The summed E-state index contributed by atoms with van der Waals surface area (Å²) in [4.78, 5) is 27.9. The smallest absolute Gasteiger partial charge is 0.329 e. The Hall–Kier alpha value is -2.34. The molecule has 1 aromatic carbocycles. The number of benzene rings is 1. The van der Waals surface area contributed by atoms with Gasteiger partial charge in [0.1, 0.15) is 11.8 Å². The molecule has 0 unspecified atom stereocenters. The minimum atomic E-state index is -1.22. The van der Waals surface area contributed by atoms with Crippen LogP contribution >= 0.6 is 11.6 Å². The largest absolute Gasteiger partial charge is 0.480 e. The molecule has 3 rings (SSSR count). The zero-order chi connectivity index (χ0) is 17.3. The van der Waals surface area contributed by atoms with Crippen LogP contribution in [0, 0.1) is 5.92 Å². The van der Waals surface area contributed by atoms with Gasteiger partial charge in [-0.25, -0.2) is 9.78 Å². The van der Waals surface area contributed by atoms with Gasteiger partial charge in [0.25, 0.3) is 0 Å². The van der Waals surface area contributed by atoms with E-state index in [-0.39, 0.29) is 18.2 Å². The minimum absolute atomic E-state index is 0.0131. The number of halogens is 1. The number of hydrogen-bond acceptors (Lipinski definition) is 4. The van der Waals surface area contributed by atoms with Crippen molar-refractivity contribution in [1.29, 1.82) is 0 Å². The molecule has 1 heterocycles. The highest BCUT2D eigenvalue weighted by atomic mass is 35.5. The van der Waals surface area contributed by atoms with E-state index in [1.165, 1.54) is 6.26 Å². The number of aromatic nitrogens is 1. The second-order valence-corrected chi connectivity index (χ2v) is 6.59. The number of carbonyl (C=O) groups is 2. The molecule has 1 aliphatic rings. The summed E-state index contributed by atoms with van der Waals surface area (Å²) in [7, 11) is 0. The molecule has 0 aliphatic heterocycles. The first-order valence-corrected chi connectivity index (χ1v) is 8.01. The molecular formula is C17H17ClN2O4. The minimum Gasteiger partial charge on any atom is -0.480 e. The summed E-state index contributed by atoms with van der Waals surface area (Å²) in [6.07, 6.45) is 2.99. The average molecular weight is 349 g/mol. The summed E-state index contributed by atoms with van der Waals surface area (Å²) in [5.41, 5.74) is -0.0276. The highest BCUT2D eigenvalue weighted by Gasteiger charge is 2.48. The molecule has 1 fully saturated rings. The van der Waals surface area contributed by atoms with Crippen molar-refractivity contribution < 1.29 is 19.1 Å². The van der Waals surface area contributed by atoms with Crippen molar-refractivity contribution in [2.75, 3.05) is 0 Å². The lowest BCUT2D eigenvalue weighted by molar-refractivity contribution is -0.147. The Balaban J connectivity index is 1.67. The van der Waals surface area contributed by atoms with Gasteiger partial charge in [-0.1, -0.05) is 11.6 Å². The molecule has 0 bridgehead atoms. The van der Waals surface area contributed by atoms with Gasteiger partial charge in [-0.05, 0) is 49.9 Å². The molecule has 0 spiro atoms. The first-order chi connectivity index (χ1) is 11.4. The fourth-order valence-corrected chi connectivity index (χ4v) is 2.73. The van der Waals surface area contributed by atoms with Crippen LogP contribution in [0.5, 0.6) is 0 Å². The average Bonchev–Trinajstić information content (AvgIpc) is 3.29. The van der Waals surface area contributed by atoms with Gasteiger partial charge in [0.2, 0.25) is 11.8 Å². The number of amides is 1. The summed E-state index contributed by atoms with van der Waals surface area (Å²) in [6.45, 7) is 1.55. The molecule has 1 amide bonds. The van der Waals surface area contributed by atoms with Crippen molar-refractivity contribution in [1.82, 2.24) is 10.3 Å². The third-order valence-electron chi connectivity index (χ3n) is 4.22. The van der Waals surface area contributed by atoms with Crippen LogP contribution in [0.2, 0.25) is 5.02 Å². The zero-order valence-electron chi connectivity index (χ0n) is 13.1. The second-order valence-electron chi connectivity index (χ2n) is 6.16. The van der Waals surface area contributed by atoms with Crippen molar-refractivity contribution in [2.45, 2.75) is 31.7 Å². The maximum atomic E-state index is 12.2. The van der Waals surface area contributed by atoms with Crippen molar-refractivity contribution in [3.63, 3.8) is 0 Å². The molecule has 2 aromatic rings. The molecule has 1 atom stereocenters. The number of rotatable bonds is 6. The third-order valence-corrected chi connectivity index (χ3v) is 4.47. The van der Waals surface area contributed by atoms with Crippen LogP contribution in [0.3, 0.4) is 0 Å². The summed E-state index contributed by atoms with van der Waals surface area (Å²) in [5.74, 6) is -1.03. The van der Waals surface area contributed by atoms with E-state index in [4.69, 9.17) is 16.0 Å². The summed E-state index contributed by atoms with van der Waals surface area (Å²) >= 11 is 5.84. The highest BCUT2D eigenvalue weighted by molar-refractivity contribution is 6.30. The topological polar surface area (TPSA) is 92.4 Å². The van der Waals surface area contributed by atoms with E-state index in [1.54, 1.807) is 31.2 Å². The van der Waals surface area contributed by atoms with Gasteiger partial charge in [-0.15, -0.1) is 0 Å². The van der Waals surface area contributed by atoms with Crippen LogP contribution in [0.4, 0.5) is 0 Å². The number of carboxylic acids is 1. The maximum absolute atomic E-state index is 12.2. The monoisotopic (exact) mass is 348 g/mol. The molecule has 0 radical (unpaired) electrons. The van der Waals surface area contributed by atoms with Crippen molar-refractivity contribution >= 4 is 23.5 Å². The van der Waals surface area contributed by atoms with Gasteiger partial charge in [0.15, 0.2) is 0 Å². The van der Waals surface area contributed by atoms with E-state index < -0.39 is 11.5 Å². The lowest BCUT2D eigenvalue weighted by atomic mass is 9.95. The SMILES string of the molecule is C[C@@](NC(=O)Cc1coc(-c2ccc(Cl)cc2)n1)(C(=O)O)C1CC1. The molecule has 126 valence electrons.